The minimum Gasteiger partial charge on any atom is -0.464 e. The van der Waals surface area contributed by atoms with Crippen LogP contribution in [0.1, 0.15) is 44.0 Å². The molecule has 1 heterocycles. The van der Waals surface area contributed by atoms with Crippen molar-refractivity contribution in [1.82, 2.24) is 4.90 Å². The molecule has 2 atom stereocenters. The molecule has 1 saturated heterocycles. The predicted molar refractivity (Wildman–Crippen MR) is 93.4 cm³/mol. The van der Waals surface area contributed by atoms with Gasteiger partial charge in [0.05, 0.1) is 6.61 Å². The number of thioether (sulfide) groups is 1. The van der Waals surface area contributed by atoms with Crippen LogP contribution in [0.4, 0.5) is 0 Å². The number of carbonyl (C=O) groups excluding carboxylic acids is 2. The summed E-state index contributed by atoms with van der Waals surface area (Å²) >= 11 is 7.66. The van der Waals surface area contributed by atoms with E-state index in [1.54, 1.807) is 29.7 Å². The van der Waals surface area contributed by atoms with Crippen molar-refractivity contribution in [3.05, 3.63) is 34.9 Å². The normalized spacial score (nSPS) is 20.6. The monoisotopic (exact) mass is 355 g/mol. The van der Waals surface area contributed by atoms with Gasteiger partial charge >= 0.3 is 5.97 Å². The van der Waals surface area contributed by atoms with Gasteiger partial charge in [-0.1, -0.05) is 37.1 Å². The minimum absolute atomic E-state index is 0.000112. The third-order valence-corrected chi connectivity index (χ3v) is 5.28. The molecule has 2 rings (SSSR count). The molecule has 0 bridgehead atoms. The predicted octanol–water partition coefficient (Wildman–Crippen LogP) is 4.04. The summed E-state index contributed by atoms with van der Waals surface area (Å²) in [5, 5.41) is 0.441. The molecule has 1 fully saturated rings. The van der Waals surface area contributed by atoms with Crippen LogP contribution in [0.3, 0.4) is 0 Å². The van der Waals surface area contributed by atoms with Crippen LogP contribution in [-0.4, -0.2) is 35.2 Å². The molecule has 1 amide bonds. The molecule has 1 aliphatic heterocycles. The summed E-state index contributed by atoms with van der Waals surface area (Å²) in [5.41, 5.74) is 0.944. The van der Waals surface area contributed by atoms with E-state index in [2.05, 4.69) is 0 Å². The topological polar surface area (TPSA) is 46.6 Å². The van der Waals surface area contributed by atoms with Crippen molar-refractivity contribution in [3.63, 3.8) is 0 Å². The van der Waals surface area contributed by atoms with Crippen LogP contribution in [0.25, 0.3) is 0 Å². The summed E-state index contributed by atoms with van der Waals surface area (Å²) in [6.45, 7) is 4.14. The highest BCUT2D eigenvalue weighted by atomic mass is 35.5. The number of unbranched alkanes of at least 4 members (excludes halogenated alkanes) is 1. The summed E-state index contributed by atoms with van der Waals surface area (Å²) in [4.78, 5) is 26.6. The van der Waals surface area contributed by atoms with Crippen LogP contribution in [0.2, 0.25) is 5.02 Å². The van der Waals surface area contributed by atoms with E-state index in [0.29, 0.717) is 23.8 Å². The van der Waals surface area contributed by atoms with E-state index in [1.165, 1.54) is 0 Å². The molecule has 126 valence electrons. The zero-order valence-electron chi connectivity index (χ0n) is 13.5. The highest BCUT2D eigenvalue weighted by Gasteiger charge is 2.42. The number of esters is 1. The highest BCUT2D eigenvalue weighted by Crippen LogP contribution is 2.42. The molecule has 0 N–H and O–H groups in total. The third-order valence-electron chi connectivity index (χ3n) is 3.73. The van der Waals surface area contributed by atoms with Gasteiger partial charge in [-0.15, -0.1) is 11.8 Å². The fraction of sp³-hybridized carbons (Fsp3) is 0.529. The van der Waals surface area contributed by atoms with E-state index in [1.807, 2.05) is 25.1 Å². The van der Waals surface area contributed by atoms with E-state index < -0.39 is 6.04 Å². The Hall–Kier alpha value is -1.20. The molecule has 0 radical (unpaired) electrons. The van der Waals surface area contributed by atoms with Crippen molar-refractivity contribution < 1.29 is 14.3 Å². The highest BCUT2D eigenvalue weighted by molar-refractivity contribution is 7.99. The number of carbonyl (C=O) groups is 2. The second kappa shape index (κ2) is 8.60. The largest absolute Gasteiger partial charge is 0.464 e. The minimum atomic E-state index is -0.520. The molecule has 0 spiro atoms. The molecule has 4 nitrogen and oxygen atoms in total. The molecule has 23 heavy (non-hydrogen) atoms. The number of hydrogen-bond donors (Lipinski definition) is 0. The second-order valence-corrected chi connectivity index (χ2v) is 6.96. The maximum atomic E-state index is 12.7. The lowest BCUT2D eigenvalue weighted by molar-refractivity contribution is -0.153. The van der Waals surface area contributed by atoms with Gasteiger partial charge in [0, 0.05) is 17.2 Å². The number of halogens is 1. The van der Waals surface area contributed by atoms with Crippen LogP contribution in [0, 0.1) is 0 Å². The quantitative estimate of drug-likeness (QED) is 0.722. The van der Waals surface area contributed by atoms with Crippen LogP contribution < -0.4 is 0 Å². The maximum absolute atomic E-state index is 12.7. The Labute approximate surface area is 146 Å². The first-order chi connectivity index (χ1) is 11.1. The Morgan fingerprint density at radius 2 is 2.17 bits per heavy atom. The Morgan fingerprint density at radius 3 is 2.83 bits per heavy atom. The smallest absolute Gasteiger partial charge is 0.329 e. The second-order valence-electron chi connectivity index (χ2n) is 5.41. The number of benzene rings is 1. The first-order valence-corrected chi connectivity index (χ1v) is 9.36. The summed E-state index contributed by atoms with van der Waals surface area (Å²) in [5.74, 6) is 0.225. The average molecular weight is 356 g/mol. The van der Waals surface area contributed by atoms with Crippen molar-refractivity contribution in [2.24, 2.45) is 0 Å². The zero-order chi connectivity index (χ0) is 16.8. The van der Waals surface area contributed by atoms with Crippen molar-refractivity contribution in [3.8, 4) is 0 Å². The fourth-order valence-electron chi connectivity index (χ4n) is 2.61. The van der Waals surface area contributed by atoms with Gasteiger partial charge < -0.3 is 9.64 Å². The first kappa shape index (κ1) is 18.1. The Kier molecular flexibility index (Phi) is 6.78. The van der Waals surface area contributed by atoms with E-state index >= 15 is 0 Å². The molecule has 1 aliphatic rings. The standard InChI is InChI=1S/C17H22ClNO3S/c1-3-5-9-15(20)19-14(17(21)22-4-2)11-23-16(19)12-7-6-8-13(18)10-12/h6-8,10,14,16H,3-5,9,11H2,1-2H3. The van der Waals surface area contributed by atoms with Crippen molar-refractivity contribution >= 4 is 35.2 Å². The SMILES string of the molecule is CCCCC(=O)N1C(C(=O)OCC)CSC1c1cccc(Cl)c1. The van der Waals surface area contributed by atoms with Gasteiger partial charge in [0.1, 0.15) is 11.4 Å². The molecule has 1 aromatic rings. The van der Waals surface area contributed by atoms with Gasteiger partial charge in [-0.3, -0.25) is 4.79 Å². The van der Waals surface area contributed by atoms with Crippen molar-refractivity contribution in [2.75, 3.05) is 12.4 Å². The molecule has 1 aromatic carbocycles. The molecule has 0 saturated carbocycles. The van der Waals surface area contributed by atoms with E-state index in [0.717, 1.165) is 18.4 Å². The van der Waals surface area contributed by atoms with E-state index in [9.17, 15) is 9.59 Å². The summed E-state index contributed by atoms with van der Waals surface area (Å²) in [6, 6.07) is 6.94. The number of ether oxygens (including phenoxy) is 1. The third kappa shape index (κ3) is 4.42. The first-order valence-electron chi connectivity index (χ1n) is 7.93. The summed E-state index contributed by atoms with van der Waals surface area (Å²) in [6.07, 6.45) is 2.21. The summed E-state index contributed by atoms with van der Waals surface area (Å²) in [7, 11) is 0. The van der Waals surface area contributed by atoms with Crippen molar-refractivity contribution in [1.29, 1.82) is 0 Å². The number of rotatable bonds is 6. The van der Waals surface area contributed by atoms with Gasteiger partial charge in [0.2, 0.25) is 5.91 Å². The Bertz CT molecular complexity index is 567. The number of hydrogen-bond acceptors (Lipinski definition) is 4. The lowest BCUT2D eigenvalue weighted by Crippen LogP contribution is -2.43. The van der Waals surface area contributed by atoms with Gasteiger partial charge in [0.15, 0.2) is 0 Å². The molecule has 2 unspecified atom stereocenters. The van der Waals surface area contributed by atoms with Gasteiger partial charge in [-0.25, -0.2) is 4.79 Å². The van der Waals surface area contributed by atoms with Crippen LogP contribution >= 0.6 is 23.4 Å². The lowest BCUT2D eigenvalue weighted by Gasteiger charge is -2.28. The molecule has 0 aliphatic carbocycles. The van der Waals surface area contributed by atoms with E-state index in [4.69, 9.17) is 16.3 Å². The van der Waals surface area contributed by atoms with Gasteiger partial charge in [-0.05, 0) is 31.0 Å². The van der Waals surface area contributed by atoms with Gasteiger partial charge in [0.25, 0.3) is 0 Å². The van der Waals surface area contributed by atoms with Crippen LogP contribution in [-0.2, 0) is 14.3 Å². The fourth-order valence-corrected chi connectivity index (χ4v) is 4.23. The molecular formula is C17H22ClNO3S. The number of amides is 1. The van der Waals surface area contributed by atoms with Gasteiger partial charge in [-0.2, -0.15) is 0 Å². The Morgan fingerprint density at radius 1 is 1.39 bits per heavy atom. The average Bonchev–Trinajstić information content (AvgIpc) is 2.98. The molecular weight excluding hydrogens is 334 g/mol. The maximum Gasteiger partial charge on any atom is 0.329 e. The number of nitrogens with zero attached hydrogens (tertiary/aromatic N) is 1. The molecule has 0 aromatic heterocycles. The Balaban J connectivity index is 2.26. The van der Waals surface area contributed by atoms with Crippen LogP contribution in [0.15, 0.2) is 24.3 Å². The van der Waals surface area contributed by atoms with E-state index in [-0.39, 0.29) is 17.3 Å². The zero-order valence-corrected chi connectivity index (χ0v) is 15.0. The van der Waals surface area contributed by atoms with Crippen LogP contribution in [0.5, 0.6) is 0 Å². The summed E-state index contributed by atoms with van der Waals surface area (Å²) < 4.78 is 5.15. The molecule has 6 heteroatoms. The lowest BCUT2D eigenvalue weighted by atomic mass is 10.1. The van der Waals surface area contributed by atoms with Crippen molar-refractivity contribution in [2.45, 2.75) is 44.5 Å².